The number of carbonyl (C=O) groups is 2. The molecule has 1 unspecified atom stereocenters. The highest BCUT2D eigenvalue weighted by Crippen LogP contribution is 2.24. The van der Waals surface area contributed by atoms with E-state index in [4.69, 9.17) is 9.47 Å². The number of hydrogen-bond donors (Lipinski definition) is 2. The van der Waals surface area contributed by atoms with Crippen molar-refractivity contribution in [3.8, 4) is 11.5 Å². The number of rotatable bonds is 7. The predicted molar refractivity (Wildman–Crippen MR) is 117 cm³/mol. The van der Waals surface area contributed by atoms with Crippen LogP contribution in [0.25, 0.3) is 0 Å². The van der Waals surface area contributed by atoms with E-state index >= 15 is 0 Å². The van der Waals surface area contributed by atoms with E-state index in [1.54, 1.807) is 50.4 Å². The number of para-hydroxylation sites is 2. The van der Waals surface area contributed by atoms with Crippen molar-refractivity contribution in [2.45, 2.75) is 20.0 Å². The maximum Gasteiger partial charge on any atom is 0.265 e. The lowest BCUT2D eigenvalue weighted by Gasteiger charge is -2.15. The van der Waals surface area contributed by atoms with Crippen LogP contribution in [0.15, 0.2) is 72.8 Å². The van der Waals surface area contributed by atoms with Crippen LogP contribution in [0.5, 0.6) is 11.5 Å². The van der Waals surface area contributed by atoms with Crippen LogP contribution in [-0.2, 0) is 4.79 Å². The largest absolute Gasteiger partial charge is 0.495 e. The molecule has 6 heteroatoms. The van der Waals surface area contributed by atoms with Crippen LogP contribution in [0, 0.1) is 6.92 Å². The highest BCUT2D eigenvalue weighted by atomic mass is 16.5. The van der Waals surface area contributed by atoms with E-state index in [1.807, 2.05) is 43.3 Å². The summed E-state index contributed by atoms with van der Waals surface area (Å²) in [4.78, 5) is 24.8. The molecule has 0 fully saturated rings. The number of ether oxygens (including phenoxy) is 2. The van der Waals surface area contributed by atoms with E-state index in [0.29, 0.717) is 28.4 Å². The van der Waals surface area contributed by atoms with Gasteiger partial charge in [-0.1, -0.05) is 29.8 Å². The summed E-state index contributed by atoms with van der Waals surface area (Å²) in [5.74, 6) is 0.558. The first-order valence-corrected chi connectivity index (χ1v) is 9.55. The van der Waals surface area contributed by atoms with Crippen LogP contribution in [-0.4, -0.2) is 25.0 Å². The van der Waals surface area contributed by atoms with Gasteiger partial charge in [-0.3, -0.25) is 9.59 Å². The Hall–Kier alpha value is -3.80. The number of anilines is 2. The summed E-state index contributed by atoms with van der Waals surface area (Å²) in [5.41, 5.74) is 2.88. The van der Waals surface area contributed by atoms with Crippen molar-refractivity contribution in [1.29, 1.82) is 0 Å². The first-order chi connectivity index (χ1) is 14.5. The summed E-state index contributed by atoms with van der Waals surface area (Å²) in [6.45, 7) is 3.66. The van der Waals surface area contributed by atoms with Crippen molar-refractivity contribution in [2.75, 3.05) is 17.7 Å². The first-order valence-electron chi connectivity index (χ1n) is 9.55. The molecule has 6 nitrogen and oxygen atoms in total. The van der Waals surface area contributed by atoms with Gasteiger partial charge >= 0.3 is 0 Å². The zero-order valence-corrected chi connectivity index (χ0v) is 17.1. The predicted octanol–water partition coefficient (Wildman–Crippen LogP) is 4.66. The molecule has 0 aliphatic heterocycles. The third kappa shape index (κ3) is 5.38. The molecule has 0 saturated carbocycles. The van der Waals surface area contributed by atoms with Gasteiger partial charge in [-0.25, -0.2) is 0 Å². The minimum Gasteiger partial charge on any atom is -0.495 e. The van der Waals surface area contributed by atoms with Gasteiger partial charge in [0.25, 0.3) is 11.8 Å². The number of aryl methyl sites for hydroxylation is 1. The highest BCUT2D eigenvalue weighted by Gasteiger charge is 2.15. The molecule has 0 aliphatic rings. The average Bonchev–Trinajstić information content (AvgIpc) is 2.76. The number of methoxy groups -OCH3 is 1. The molecule has 1 atom stereocenters. The van der Waals surface area contributed by atoms with Gasteiger partial charge < -0.3 is 20.1 Å². The van der Waals surface area contributed by atoms with Crippen molar-refractivity contribution in [2.24, 2.45) is 0 Å². The van der Waals surface area contributed by atoms with Crippen LogP contribution >= 0.6 is 0 Å². The Bertz CT molecular complexity index is 1010. The zero-order chi connectivity index (χ0) is 21.5. The SMILES string of the molecule is COc1ccccc1NC(=O)c1ccc(OC(C)C(=O)Nc2ccc(C)cc2)cc1. The minimum atomic E-state index is -0.695. The van der Waals surface area contributed by atoms with Crippen molar-refractivity contribution < 1.29 is 19.1 Å². The molecule has 154 valence electrons. The molecule has 0 saturated heterocycles. The van der Waals surface area contributed by atoms with Gasteiger partial charge in [0, 0.05) is 11.3 Å². The average molecular weight is 404 g/mol. The van der Waals surface area contributed by atoms with Gasteiger partial charge in [0.2, 0.25) is 0 Å². The van der Waals surface area contributed by atoms with E-state index in [-0.39, 0.29) is 11.8 Å². The second-order valence-electron chi connectivity index (χ2n) is 6.79. The maximum atomic E-state index is 12.5. The number of amides is 2. The van der Waals surface area contributed by atoms with Crippen LogP contribution in [0.2, 0.25) is 0 Å². The quantitative estimate of drug-likeness (QED) is 0.600. The summed E-state index contributed by atoms with van der Waals surface area (Å²) in [6.07, 6.45) is -0.695. The molecule has 0 aliphatic carbocycles. The molecule has 0 radical (unpaired) electrons. The molecule has 0 aromatic heterocycles. The third-order valence-electron chi connectivity index (χ3n) is 4.47. The molecule has 0 bridgehead atoms. The van der Waals surface area contributed by atoms with Crippen molar-refractivity contribution >= 4 is 23.2 Å². The molecular weight excluding hydrogens is 380 g/mol. The fourth-order valence-corrected chi connectivity index (χ4v) is 2.77. The van der Waals surface area contributed by atoms with Crippen molar-refractivity contribution in [3.63, 3.8) is 0 Å². The summed E-state index contributed by atoms with van der Waals surface area (Å²) >= 11 is 0. The monoisotopic (exact) mass is 404 g/mol. The molecule has 3 aromatic carbocycles. The highest BCUT2D eigenvalue weighted by molar-refractivity contribution is 6.05. The molecule has 30 heavy (non-hydrogen) atoms. The summed E-state index contributed by atoms with van der Waals surface area (Å²) in [5, 5.41) is 5.64. The summed E-state index contributed by atoms with van der Waals surface area (Å²) < 4.78 is 10.9. The van der Waals surface area contributed by atoms with E-state index in [2.05, 4.69) is 10.6 Å². The van der Waals surface area contributed by atoms with E-state index < -0.39 is 6.10 Å². The van der Waals surface area contributed by atoms with E-state index in [9.17, 15) is 9.59 Å². The van der Waals surface area contributed by atoms with Gasteiger partial charge in [-0.15, -0.1) is 0 Å². The van der Waals surface area contributed by atoms with Crippen molar-refractivity contribution in [3.05, 3.63) is 83.9 Å². The Labute approximate surface area is 175 Å². The Balaban J connectivity index is 1.58. The van der Waals surface area contributed by atoms with Gasteiger partial charge in [0.15, 0.2) is 6.10 Å². The van der Waals surface area contributed by atoms with Gasteiger partial charge in [-0.05, 0) is 62.4 Å². The Kier molecular flexibility index (Phi) is 6.70. The maximum absolute atomic E-state index is 12.5. The number of nitrogens with one attached hydrogen (secondary N) is 2. The van der Waals surface area contributed by atoms with Gasteiger partial charge in [0.1, 0.15) is 11.5 Å². The first kappa shape index (κ1) is 20.9. The Morgan fingerprint density at radius 2 is 1.53 bits per heavy atom. The van der Waals surface area contributed by atoms with Crippen molar-refractivity contribution in [1.82, 2.24) is 0 Å². The van der Waals surface area contributed by atoms with Gasteiger partial charge in [-0.2, -0.15) is 0 Å². The lowest BCUT2D eigenvalue weighted by Crippen LogP contribution is -2.30. The minimum absolute atomic E-state index is 0.253. The van der Waals surface area contributed by atoms with Gasteiger partial charge in [0.05, 0.1) is 12.8 Å². The van der Waals surface area contributed by atoms with E-state index in [0.717, 1.165) is 5.56 Å². The Morgan fingerprint density at radius 3 is 2.20 bits per heavy atom. The smallest absolute Gasteiger partial charge is 0.265 e. The molecule has 0 spiro atoms. The van der Waals surface area contributed by atoms with Crippen LogP contribution < -0.4 is 20.1 Å². The summed E-state index contributed by atoms with van der Waals surface area (Å²) in [6, 6.07) is 21.3. The third-order valence-corrected chi connectivity index (χ3v) is 4.47. The second-order valence-corrected chi connectivity index (χ2v) is 6.79. The Morgan fingerprint density at radius 1 is 0.867 bits per heavy atom. The molecular formula is C24H24N2O4. The van der Waals surface area contributed by atoms with E-state index in [1.165, 1.54) is 0 Å². The number of hydrogen-bond acceptors (Lipinski definition) is 4. The molecule has 0 heterocycles. The second kappa shape index (κ2) is 9.60. The number of benzene rings is 3. The standard InChI is InChI=1S/C24H24N2O4/c1-16-8-12-19(13-9-16)25-23(27)17(2)30-20-14-10-18(11-15-20)24(28)26-21-6-4-5-7-22(21)29-3/h4-15,17H,1-3H3,(H,25,27)(H,26,28). The topological polar surface area (TPSA) is 76.7 Å². The lowest BCUT2D eigenvalue weighted by molar-refractivity contribution is -0.122. The fourth-order valence-electron chi connectivity index (χ4n) is 2.77. The zero-order valence-electron chi connectivity index (χ0n) is 17.1. The van der Waals surface area contributed by atoms with Crippen LogP contribution in [0.3, 0.4) is 0 Å². The normalized spacial score (nSPS) is 11.3. The number of carbonyl (C=O) groups excluding carboxylic acids is 2. The van der Waals surface area contributed by atoms with Crippen LogP contribution in [0.4, 0.5) is 11.4 Å². The fraction of sp³-hybridized carbons (Fsp3) is 0.167. The summed E-state index contributed by atoms with van der Waals surface area (Å²) in [7, 11) is 1.55. The molecule has 2 N–H and O–H groups in total. The molecule has 3 rings (SSSR count). The lowest BCUT2D eigenvalue weighted by atomic mass is 10.2. The van der Waals surface area contributed by atoms with Crippen LogP contribution in [0.1, 0.15) is 22.8 Å². The molecule has 2 amide bonds. The molecule has 3 aromatic rings.